The summed E-state index contributed by atoms with van der Waals surface area (Å²) in [6.07, 6.45) is 0.230. The summed E-state index contributed by atoms with van der Waals surface area (Å²) in [6, 6.07) is 10.8. The van der Waals surface area contributed by atoms with Gasteiger partial charge < -0.3 is 11.1 Å². The van der Waals surface area contributed by atoms with E-state index in [2.05, 4.69) is 5.32 Å². The zero-order valence-electron chi connectivity index (χ0n) is 10.5. The molecule has 0 aliphatic heterocycles. The zero-order chi connectivity index (χ0) is 14.1. The number of benzene rings is 1. The summed E-state index contributed by atoms with van der Waals surface area (Å²) in [5, 5.41) is 19.9. The van der Waals surface area contributed by atoms with Crippen LogP contribution in [0.25, 0.3) is 0 Å². The fourth-order valence-electron chi connectivity index (χ4n) is 1.46. The molecule has 0 radical (unpaired) electrons. The van der Waals surface area contributed by atoms with Crippen LogP contribution in [0.5, 0.6) is 0 Å². The lowest BCUT2D eigenvalue weighted by atomic mass is 10.2. The van der Waals surface area contributed by atoms with E-state index in [9.17, 15) is 4.79 Å². The van der Waals surface area contributed by atoms with Gasteiger partial charge >= 0.3 is 0 Å². The first-order valence-electron chi connectivity index (χ1n) is 5.77. The summed E-state index contributed by atoms with van der Waals surface area (Å²) in [6.45, 7) is 0.660. The number of carbonyl (C=O) groups is 1. The molecule has 0 saturated heterocycles. The van der Waals surface area contributed by atoms with Gasteiger partial charge in [0.15, 0.2) is 0 Å². The molecule has 0 aliphatic rings. The second-order valence-corrected chi connectivity index (χ2v) is 3.95. The number of carbonyl (C=O) groups excluding carboxylic acids is 1. The molecule has 3 N–H and O–H groups in total. The van der Waals surface area contributed by atoms with Crippen LogP contribution in [0.1, 0.15) is 6.42 Å². The smallest absolute Gasteiger partial charge is 0.225 e. The lowest BCUT2D eigenvalue weighted by Crippen LogP contribution is -2.28. The van der Waals surface area contributed by atoms with Gasteiger partial charge in [-0.25, -0.2) is 0 Å². The van der Waals surface area contributed by atoms with Crippen molar-refractivity contribution in [1.82, 2.24) is 4.90 Å². The van der Waals surface area contributed by atoms with Crippen LogP contribution in [0.15, 0.2) is 24.3 Å². The van der Waals surface area contributed by atoms with Gasteiger partial charge in [-0.05, 0) is 24.3 Å². The predicted molar refractivity (Wildman–Crippen MR) is 71.8 cm³/mol. The summed E-state index contributed by atoms with van der Waals surface area (Å²) in [4.78, 5) is 13.3. The number of nitrogens with two attached hydrogens (primary N) is 1. The quantitative estimate of drug-likeness (QED) is 0.583. The van der Waals surface area contributed by atoms with Crippen molar-refractivity contribution in [2.45, 2.75) is 6.42 Å². The molecule has 0 aliphatic carbocycles. The van der Waals surface area contributed by atoms with Gasteiger partial charge in [-0.15, -0.1) is 0 Å². The first-order chi connectivity index (χ1) is 9.15. The molecule has 0 atom stereocenters. The molecular weight excluding hydrogens is 242 g/mol. The third kappa shape index (κ3) is 5.53. The first-order valence-corrected chi connectivity index (χ1v) is 5.77. The van der Waals surface area contributed by atoms with Gasteiger partial charge in [0.2, 0.25) is 5.91 Å². The number of nitriles is 2. The number of anilines is 2. The summed E-state index contributed by atoms with van der Waals surface area (Å²) in [7, 11) is 0. The molecule has 1 rings (SSSR count). The fourth-order valence-corrected chi connectivity index (χ4v) is 1.46. The molecule has 0 bridgehead atoms. The molecule has 0 aromatic heterocycles. The van der Waals surface area contributed by atoms with E-state index in [-0.39, 0.29) is 25.4 Å². The second-order valence-electron chi connectivity index (χ2n) is 3.95. The molecular formula is C13H15N5O. The van der Waals surface area contributed by atoms with Gasteiger partial charge in [0.05, 0.1) is 25.2 Å². The Morgan fingerprint density at radius 1 is 1.21 bits per heavy atom. The number of nitrogen functional groups attached to an aromatic ring is 1. The maximum Gasteiger partial charge on any atom is 0.225 e. The fraction of sp³-hybridized carbons (Fsp3) is 0.308. The normalized spacial score (nSPS) is 9.63. The molecule has 19 heavy (non-hydrogen) atoms. The van der Waals surface area contributed by atoms with Gasteiger partial charge in [0, 0.05) is 24.3 Å². The van der Waals surface area contributed by atoms with Crippen LogP contribution in [-0.2, 0) is 4.79 Å². The van der Waals surface area contributed by atoms with Crippen LogP contribution in [0.3, 0.4) is 0 Å². The molecule has 1 aromatic rings. The van der Waals surface area contributed by atoms with Gasteiger partial charge in [0.25, 0.3) is 0 Å². The van der Waals surface area contributed by atoms with E-state index in [1.807, 2.05) is 12.1 Å². The van der Waals surface area contributed by atoms with Crippen LogP contribution >= 0.6 is 0 Å². The third-order valence-corrected chi connectivity index (χ3v) is 2.44. The minimum atomic E-state index is -0.161. The molecule has 0 fully saturated rings. The summed E-state index contributed by atoms with van der Waals surface area (Å²) < 4.78 is 0. The van der Waals surface area contributed by atoms with Crippen molar-refractivity contribution in [3.05, 3.63) is 24.3 Å². The van der Waals surface area contributed by atoms with Crippen molar-refractivity contribution in [2.75, 3.05) is 30.7 Å². The number of hydrogen-bond acceptors (Lipinski definition) is 5. The third-order valence-electron chi connectivity index (χ3n) is 2.44. The second kappa shape index (κ2) is 7.70. The molecule has 6 heteroatoms. The number of nitrogens with zero attached hydrogens (tertiary/aromatic N) is 3. The topological polar surface area (TPSA) is 106 Å². The highest BCUT2D eigenvalue weighted by Crippen LogP contribution is 2.10. The van der Waals surface area contributed by atoms with Crippen molar-refractivity contribution in [2.24, 2.45) is 0 Å². The Labute approximate surface area is 112 Å². The van der Waals surface area contributed by atoms with Crippen molar-refractivity contribution in [3.8, 4) is 12.1 Å². The van der Waals surface area contributed by atoms with E-state index in [0.717, 1.165) is 0 Å². The Balaban J connectivity index is 2.41. The van der Waals surface area contributed by atoms with Crippen molar-refractivity contribution in [3.63, 3.8) is 0 Å². The molecule has 0 spiro atoms. The average Bonchev–Trinajstić information content (AvgIpc) is 2.39. The van der Waals surface area contributed by atoms with Crippen LogP contribution in [0.4, 0.5) is 11.4 Å². The van der Waals surface area contributed by atoms with E-state index in [4.69, 9.17) is 16.3 Å². The molecule has 0 heterocycles. The van der Waals surface area contributed by atoms with Crippen LogP contribution < -0.4 is 11.1 Å². The highest BCUT2D eigenvalue weighted by molar-refractivity contribution is 5.90. The lowest BCUT2D eigenvalue weighted by Gasteiger charge is -2.14. The number of amides is 1. The van der Waals surface area contributed by atoms with E-state index in [1.54, 1.807) is 29.2 Å². The molecule has 1 aromatic carbocycles. The number of hydrogen-bond donors (Lipinski definition) is 2. The average molecular weight is 257 g/mol. The van der Waals surface area contributed by atoms with E-state index in [0.29, 0.717) is 17.9 Å². The number of rotatable bonds is 6. The Hall–Kier alpha value is -2.57. The molecule has 98 valence electrons. The maximum atomic E-state index is 11.7. The van der Waals surface area contributed by atoms with Crippen LogP contribution in [0.2, 0.25) is 0 Å². The Morgan fingerprint density at radius 3 is 2.32 bits per heavy atom. The molecule has 0 unspecified atom stereocenters. The van der Waals surface area contributed by atoms with Crippen molar-refractivity contribution >= 4 is 17.3 Å². The predicted octanol–water partition coefficient (Wildman–Crippen LogP) is 0.947. The van der Waals surface area contributed by atoms with Gasteiger partial charge in [-0.1, -0.05) is 0 Å². The van der Waals surface area contributed by atoms with E-state index < -0.39 is 0 Å². The SMILES string of the molecule is N#CCN(CC#N)CCC(=O)Nc1ccc(N)cc1. The number of nitrogens with one attached hydrogen (secondary N) is 1. The van der Waals surface area contributed by atoms with Gasteiger partial charge in [-0.2, -0.15) is 10.5 Å². The summed E-state index contributed by atoms with van der Waals surface area (Å²) >= 11 is 0. The monoisotopic (exact) mass is 257 g/mol. The lowest BCUT2D eigenvalue weighted by molar-refractivity contribution is -0.116. The minimum absolute atomic E-state index is 0.142. The molecule has 6 nitrogen and oxygen atoms in total. The largest absolute Gasteiger partial charge is 0.399 e. The molecule has 0 saturated carbocycles. The Bertz CT molecular complexity index is 481. The Morgan fingerprint density at radius 2 is 1.79 bits per heavy atom. The van der Waals surface area contributed by atoms with E-state index >= 15 is 0 Å². The van der Waals surface area contributed by atoms with Crippen LogP contribution in [0, 0.1) is 22.7 Å². The molecule has 1 amide bonds. The summed E-state index contributed by atoms with van der Waals surface area (Å²) in [5.41, 5.74) is 6.85. The van der Waals surface area contributed by atoms with Crippen molar-refractivity contribution in [1.29, 1.82) is 10.5 Å². The van der Waals surface area contributed by atoms with Gasteiger partial charge in [-0.3, -0.25) is 9.69 Å². The minimum Gasteiger partial charge on any atom is -0.399 e. The first kappa shape index (κ1) is 14.5. The highest BCUT2D eigenvalue weighted by Gasteiger charge is 2.07. The maximum absolute atomic E-state index is 11.7. The summed E-state index contributed by atoms with van der Waals surface area (Å²) in [5.74, 6) is -0.161. The Kier molecular flexibility index (Phi) is 5.87. The zero-order valence-corrected chi connectivity index (χ0v) is 10.5. The van der Waals surface area contributed by atoms with E-state index in [1.165, 1.54) is 0 Å². The van der Waals surface area contributed by atoms with Gasteiger partial charge in [0.1, 0.15) is 0 Å². The van der Waals surface area contributed by atoms with Crippen molar-refractivity contribution < 1.29 is 4.79 Å². The van der Waals surface area contributed by atoms with Crippen LogP contribution in [-0.4, -0.2) is 30.4 Å². The highest BCUT2D eigenvalue weighted by atomic mass is 16.1. The standard InChI is InChI=1S/C13H15N5O/c14-6-9-18(10-7-15)8-5-13(19)17-12-3-1-11(16)2-4-12/h1-4H,5,8-10,16H2,(H,17,19).